The Morgan fingerprint density at radius 3 is 2.32 bits per heavy atom. The minimum absolute atomic E-state index is 0.227. The molecule has 0 aliphatic rings. The lowest BCUT2D eigenvalue weighted by Crippen LogP contribution is -2.09. The largest absolute Gasteiger partial charge is 0.491 e. The molecule has 3 heteroatoms. The molecule has 1 heterocycles. The number of nitrogens with zero attached hydrogens (tertiary/aromatic N) is 1. The smallest absolute Gasteiger partial charge is 0.219 e. The van der Waals surface area contributed by atoms with Gasteiger partial charge in [-0.2, -0.15) is 0 Å². The molecule has 3 nitrogen and oxygen atoms in total. The third-order valence-electron chi connectivity index (χ3n) is 2.84. The van der Waals surface area contributed by atoms with Crippen molar-refractivity contribution in [3.05, 3.63) is 48.2 Å². The topological polar surface area (TPSA) is 31.4 Å². The first-order valence-corrected chi connectivity index (χ1v) is 6.54. The summed E-state index contributed by atoms with van der Waals surface area (Å²) >= 11 is 0. The highest BCUT2D eigenvalue weighted by molar-refractivity contribution is 5.33. The molecule has 2 rings (SSSR count). The lowest BCUT2D eigenvalue weighted by Gasteiger charge is -2.12. The van der Waals surface area contributed by atoms with E-state index in [2.05, 4.69) is 18.8 Å². The molecule has 0 aliphatic heterocycles. The molecule has 0 bridgehead atoms. The Morgan fingerprint density at radius 1 is 1.05 bits per heavy atom. The van der Waals surface area contributed by atoms with E-state index in [0.29, 0.717) is 5.88 Å². The SMILES string of the molecule is CCC(C)Oc1ccc(Oc2ccc(C)cn2)cc1. The zero-order chi connectivity index (χ0) is 13.7. The molecule has 1 atom stereocenters. The average Bonchev–Trinajstić information content (AvgIpc) is 2.43. The number of hydrogen-bond acceptors (Lipinski definition) is 3. The minimum atomic E-state index is 0.227. The third-order valence-corrected chi connectivity index (χ3v) is 2.84. The summed E-state index contributed by atoms with van der Waals surface area (Å²) in [4.78, 5) is 4.20. The van der Waals surface area contributed by atoms with Gasteiger partial charge in [-0.1, -0.05) is 13.0 Å². The van der Waals surface area contributed by atoms with Crippen LogP contribution in [-0.4, -0.2) is 11.1 Å². The maximum atomic E-state index is 5.71. The van der Waals surface area contributed by atoms with Crippen molar-refractivity contribution >= 4 is 0 Å². The number of aryl methyl sites for hydroxylation is 1. The molecule has 19 heavy (non-hydrogen) atoms. The van der Waals surface area contributed by atoms with E-state index in [1.807, 2.05) is 43.3 Å². The number of benzene rings is 1. The van der Waals surface area contributed by atoms with Gasteiger partial charge >= 0.3 is 0 Å². The standard InChI is InChI=1S/C16H19NO2/c1-4-13(3)18-14-6-8-15(9-7-14)19-16-10-5-12(2)11-17-16/h5-11,13H,4H2,1-3H3. The van der Waals surface area contributed by atoms with Gasteiger partial charge in [-0.05, 0) is 50.1 Å². The van der Waals surface area contributed by atoms with Crippen LogP contribution >= 0.6 is 0 Å². The molecule has 1 aromatic heterocycles. The molecule has 1 aromatic carbocycles. The van der Waals surface area contributed by atoms with Crippen LogP contribution in [0.3, 0.4) is 0 Å². The molecular formula is C16H19NO2. The van der Waals surface area contributed by atoms with Crippen molar-refractivity contribution in [2.45, 2.75) is 33.3 Å². The Morgan fingerprint density at radius 2 is 1.74 bits per heavy atom. The van der Waals surface area contributed by atoms with Crippen LogP contribution in [0.1, 0.15) is 25.8 Å². The van der Waals surface area contributed by atoms with Crippen LogP contribution in [0.5, 0.6) is 17.4 Å². The number of pyridine rings is 1. The van der Waals surface area contributed by atoms with Crippen molar-refractivity contribution in [3.8, 4) is 17.4 Å². The molecule has 0 radical (unpaired) electrons. The molecule has 0 saturated carbocycles. The Balaban J connectivity index is 2.00. The molecule has 0 saturated heterocycles. The van der Waals surface area contributed by atoms with Gasteiger partial charge in [0.1, 0.15) is 11.5 Å². The molecule has 0 fully saturated rings. The van der Waals surface area contributed by atoms with Gasteiger partial charge in [-0.15, -0.1) is 0 Å². The van der Waals surface area contributed by atoms with Gasteiger partial charge in [0.25, 0.3) is 0 Å². The summed E-state index contributed by atoms with van der Waals surface area (Å²) in [6.45, 7) is 6.16. The van der Waals surface area contributed by atoms with Crippen LogP contribution in [-0.2, 0) is 0 Å². The van der Waals surface area contributed by atoms with E-state index < -0.39 is 0 Å². The van der Waals surface area contributed by atoms with Crippen LogP contribution in [0.15, 0.2) is 42.6 Å². The van der Waals surface area contributed by atoms with Crippen molar-refractivity contribution in [2.75, 3.05) is 0 Å². The number of ether oxygens (including phenoxy) is 2. The lowest BCUT2D eigenvalue weighted by molar-refractivity contribution is 0.217. The Labute approximate surface area is 114 Å². The first-order valence-electron chi connectivity index (χ1n) is 6.54. The molecule has 0 N–H and O–H groups in total. The molecule has 1 unspecified atom stereocenters. The van der Waals surface area contributed by atoms with E-state index in [-0.39, 0.29) is 6.10 Å². The zero-order valence-electron chi connectivity index (χ0n) is 11.6. The first-order chi connectivity index (χ1) is 9.17. The molecular weight excluding hydrogens is 238 g/mol. The van der Waals surface area contributed by atoms with Crippen molar-refractivity contribution in [1.82, 2.24) is 4.98 Å². The molecule has 0 spiro atoms. The average molecular weight is 257 g/mol. The maximum absolute atomic E-state index is 5.71. The number of aromatic nitrogens is 1. The lowest BCUT2D eigenvalue weighted by atomic mass is 10.3. The molecule has 2 aromatic rings. The van der Waals surface area contributed by atoms with Gasteiger partial charge < -0.3 is 9.47 Å². The summed E-state index contributed by atoms with van der Waals surface area (Å²) in [5.41, 5.74) is 1.12. The highest BCUT2D eigenvalue weighted by Gasteiger charge is 2.02. The summed E-state index contributed by atoms with van der Waals surface area (Å²) in [7, 11) is 0. The summed E-state index contributed by atoms with van der Waals surface area (Å²) < 4.78 is 11.4. The van der Waals surface area contributed by atoms with Gasteiger partial charge in [0.2, 0.25) is 5.88 Å². The quantitative estimate of drug-likeness (QED) is 0.797. The fraction of sp³-hybridized carbons (Fsp3) is 0.312. The van der Waals surface area contributed by atoms with Crippen LogP contribution in [0.4, 0.5) is 0 Å². The second-order valence-corrected chi connectivity index (χ2v) is 4.58. The van der Waals surface area contributed by atoms with E-state index in [4.69, 9.17) is 9.47 Å². The first kappa shape index (κ1) is 13.4. The second-order valence-electron chi connectivity index (χ2n) is 4.58. The molecule has 0 amide bonds. The van der Waals surface area contributed by atoms with Gasteiger partial charge in [0, 0.05) is 12.3 Å². The van der Waals surface area contributed by atoms with Crippen LogP contribution in [0.2, 0.25) is 0 Å². The third kappa shape index (κ3) is 3.98. The summed E-state index contributed by atoms with van der Waals surface area (Å²) in [6.07, 6.45) is 3.01. The van der Waals surface area contributed by atoms with Gasteiger partial charge in [-0.3, -0.25) is 0 Å². The Bertz CT molecular complexity index is 505. The number of hydrogen-bond donors (Lipinski definition) is 0. The van der Waals surface area contributed by atoms with E-state index >= 15 is 0 Å². The van der Waals surface area contributed by atoms with E-state index in [1.165, 1.54) is 0 Å². The predicted molar refractivity (Wildman–Crippen MR) is 75.9 cm³/mol. The Kier molecular flexibility index (Phi) is 4.39. The van der Waals surface area contributed by atoms with E-state index in [0.717, 1.165) is 23.5 Å². The fourth-order valence-electron chi connectivity index (χ4n) is 1.54. The summed E-state index contributed by atoms with van der Waals surface area (Å²) in [6, 6.07) is 11.4. The van der Waals surface area contributed by atoms with E-state index in [9.17, 15) is 0 Å². The summed E-state index contributed by atoms with van der Waals surface area (Å²) in [5.74, 6) is 2.22. The van der Waals surface area contributed by atoms with Crippen molar-refractivity contribution in [3.63, 3.8) is 0 Å². The maximum Gasteiger partial charge on any atom is 0.219 e. The van der Waals surface area contributed by atoms with Crippen LogP contribution in [0, 0.1) is 6.92 Å². The predicted octanol–water partition coefficient (Wildman–Crippen LogP) is 4.36. The monoisotopic (exact) mass is 257 g/mol. The fourth-order valence-corrected chi connectivity index (χ4v) is 1.54. The van der Waals surface area contributed by atoms with Crippen LogP contribution < -0.4 is 9.47 Å². The highest BCUT2D eigenvalue weighted by Crippen LogP contribution is 2.23. The number of rotatable bonds is 5. The zero-order valence-corrected chi connectivity index (χ0v) is 11.6. The Hall–Kier alpha value is -2.03. The molecule has 0 aliphatic carbocycles. The molecule has 100 valence electrons. The van der Waals surface area contributed by atoms with Gasteiger partial charge in [0.05, 0.1) is 6.10 Å². The van der Waals surface area contributed by atoms with Gasteiger partial charge in [-0.25, -0.2) is 4.98 Å². The van der Waals surface area contributed by atoms with Crippen molar-refractivity contribution in [1.29, 1.82) is 0 Å². The minimum Gasteiger partial charge on any atom is -0.491 e. The summed E-state index contributed by atoms with van der Waals surface area (Å²) in [5, 5.41) is 0. The van der Waals surface area contributed by atoms with Crippen LogP contribution in [0.25, 0.3) is 0 Å². The highest BCUT2D eigenvalue weighted by atomic mass is 16.5. The second kappa shape index (κ2) is 6.23. The van der Waals surface area contributed by atoms with Gasteiger partial charge in [0.15, 0.2) is 0 Å². The van der Waals surface area contributed by atoms with E-state index in [1.54, 1.807) is 6.20 Å². The normalized spacial score (nSPS) is 11.9. The van der Waals surface area contributed by atoms with Crippen molar-refractivity contribution in [2.24, 2.45) is 0 Å². The van der Waals surface area contributed by atoms with Crippen molar-refractivity contribution < 1.29 is 9.47 Å².